The van der Waals surface area contributed by atoms with Gasteiger partial charge in [0.25, 0.3) is 0 Å². The molecule has 2 heterocycles. The van der Waals surface area contributed by atoms with Crippen LogP contribution in [0.4, 0.5) is 5.69 Å². The van der Waals surface area contributed by atoms with E-state index in [4.69, 9.17) is 23.2 Å². The number of anilines is 1. The van der Waals surface area contributed by atoms with Gasteiger partial charge < -0.3 is 10.6 Å². The number of piperidine rings is 1. The summed E-state index contributed by atoms with van der Waals surface area (Å²) < 4.78 is 0. The van der Waals surface area contributed by atoms with Crippen molar-refractivity contribution in [3.05, 3.63) is 63.6 Å². The molecule has 2 aliphatic rings. The van der Waals surface area contributed by atoms with Gasteiger partial charge in [0, 0.05) is 22.2 Å². The standard InChI is InChI=1S/C21H20Cl2N2O2/c1-11(2)16-10-18(26)25-19(12-4-3-5-13(22)8-12)21(16)15-7-6-14(23)9-17(15)24-20(21)27/h3-9,11,16,19H,10H2,1-2H3,(H,24,27)(H,25,26). The third kappa shape index (κ3) is 2.74. The summed E-state index contributed by atoms with van der Waals surface area (Å²) >= 11 is 12.4. The largest absolute Gasteiger partial charge is 0.348 e. The smallest absolute Gasteiger partial charge is 0.237 e. The third-order valence-electron chi connectivity index (χ3n) is 5.79. The normalized spacial score (nSPS) is 26.9. The summed E-state index contributed by atoms with van der Waals surface area (Å²) in [5.41, 5.74) is 1.49. The van der Waals surface area contributed by atoms with Crippen molar-refractivity contribution in [2.24, 2.45) is 11.8 Å². The maximum atomic E-state index is 13.5. The predicted octanol–water partition coefficient (Wildman–Crippen LogP) is 4.72. The lowest BCUT2D eigenvalue weighted by Gasteiger charge is -2.47. The SMILES string of the molecule is CC(C)C1CC(=O)NC(c2cccc(Cl)c2)C12C(=O)Nc1cc(Cl)ccc12. The molecule has 1 saturated heterocycles. The Kier molecular flexibility index (Phi) is 4.44. The summed E-state index contributed by atoms with van der Waals surface area (Å²) in [4.78, 5) is 26.0. The lowest BCUT2D eigenvalue weighted by molar-refractivity contribution is -0.135. The van der Waals surface area contributed by atoms with Crippen LogP contribution in [0.2, 0.25) is 10.0 Å². The van der Waals surface area contributed by atoms with Crippen LogP contribution in [0, 0.1) is 11.8 Å². The Hall–Kier alpha value is -2.04. The van der Waals surface area contributed by atoms with Crippen molar-refractivity contribution in [3.8, 4) is 0 Å². The first-order valence-electron chi connectivity index (χ1n) is 9.00. The maximum absolute atomic E-state index is 13.5. The molecule has 0 bridgehead atoms. The van der Waals surface area contributed by atoms with Crippen molar-refractivity contribution in [2.75, 3.05) is 5.32 Å². The average molecular weight is 403 g/mol. The van der Waals surface area contributed by atoms with Gasteiger partial charge in [0.2, 0.25) is 11.8 Å². The van der Waals surface area contributed by atoms with E-state index in [1.807, 2.05) is 24.3 Å². The Morgan fingerprint density at radius 1 is 1.07 bits per heavy atom. The van der Waals surface area contributed by atoms with Crippen molar-refractivity contribution in [3.63, 3.8) is 0 Å². The van der Waals surface area contributed by atoms with Crippen LogP contribution in [0.5, 0.6) is 0 Å². The van der Waals surface area contributed by atoms with Crippen LogP contribution in [-0.2, 0) is 15.0 Å². The molecule has 2 aromatic rings. The molecule has 3 atom stereocenters. The van der Waals surface area contributed by atoms with E-state index in [9.17, 15) is 9.59 Å². The predicted molar refractivity (Wildman–Crippen MR) is 107 cm³/mol. The molecule has 4 rings (SSSR count). The summed E-state index contributed by atoms with van der Waals surface area (Å²) in [6.07, 6.45) is 0.296. The zero-order valence-electron chi connectivity index (χ0n) is 15.1. The Balaban J connectivity index is 2.00. The number of hydrogen-bond acceptors (Lipinski definition) is 2. The highest BCUT2D eigenvalue weighted by atomic mass is 35.5. The summed E-state index contributed by atoms with van der Waals surface area (Å²) in [5.74, 6) is -0.189. The molecule has 1 spiro atoms. The van der Waals surface area contributed by atoms with Crippen molar-refractivity contribution in [1.82, 2.24) is 5.32 Å². The zero-order chi connectivity index (χ0) is 19.3. The molecule has 6 heteroatoms. The van der Waals surface area contributed by atoms with E-state index in [0.717, 1.165) is 11.1 Å². The fourth-order valence-corrected chi connectivity index (χ4v) is 5.06. The minimum absolute atomic E-state index is 0.0560. The minimum atomic E-state index is -0.910. The Bertz CT molecular complexity index is 944. The number of fused-ring (bicyclic) bond motifs is 2. The van der Waals surface area contributed by atoms with Gasteiger partial charge in [-0.25, -0.2) is 0 Å². The minimum Gasteiger partial charge on any atom is -0.348 e. The van der Waals surface area contributed by atoms with Crippen molar-refractivity contribution in [2.45, 2.75) is 31.7 Å². The molecular weight excluding hydrogens is 383 g/mol. The Morgan fingerprint density at radius 2 is 1.81 bits per heavy atom. The lowest BCUT2D eigenvalue weighted by atomic mass is 9.58. The number of nitrogens with one attached hydrogen (secondary N) is 2. The first-order valence-corrected chi connectivity index (χ1v) is 9.76. The quantitative estimate of drug-likeness (QED) is 0.763. The van der Waals surface area contributed by atoms with Crippen LogP contribution in [0.1, 0.15) is 37.4 Å². The maximum Gasteiger partial charge on any atom is 0.237 e. The number of amides is 2. The first-order chi connectivity index (χ1) is 12.8. The van der Waals surface area contributed by atoms with E-state index in [1.165, 1.54) is 0 Å². The lowest BCUT2D eigenvalue weighted by Crippen LogP contribution is -2.59. The molecule has 2 aromatic carbocycles. The van der Waals surface area contributed by atoms with E-state index in [1.54, 1.807) is 18.2 Å². The second-order valence-electron chi connectivity index (χ2n) is 7.62. The summed E-state index contributed by atoms with van der Waals surface area (Å²) in [6.45, 7) is 4.11. The zero-order valence-corrected chi connectivity index (χ0v) is 16.6. The summed E-state index contributed by atoms with van der Waals surface area (Å²) in [7, 11) is 0. The van der Waals surface area contributed by atoms with E-state index in [-0.39, 0.29) is 23.7 Å². The third-order valence-corrected chi connectivity index (χ3v) is 6.26. The van der Waals surface area contributed by atoms with Gasteiger partial charge in [0.05, 0.1) is 6.04 Å². The average Bonchev–Trinajstić information content (AvgIpc) is 2.88. The van der Waals surface area contributed by atoms with E-state index >= 15 is 0 Å². The molecular formula is C21H20Cl2N2O2. The van der Waals surface area contributed by atoms with Gasteiger partial charge in [-0.1, -0.05) is 55.2 Å². The molecule has 4 nitrogen and oxygen atoms in total. The van der Waals surface area contributed by atoms with Gasteiger partial charge in [-0.15, -0.1) is 0 Å². The van der Waals surface area contributed by atoms with E-state index in [0.29, 0.717) is 22.2 Å². The number of halogens is 2. The number of rotatable bonds is 2. The van der Waals surface area contributed by atoms with Crippen molar-refractivity contribution >= 4 is 40.7 Å². The van der Waals surface area contributed by atoms with Crippen molar-refractivity contribution in [1.29, 1.82) is 0 Å². The molecule has 2 amide bonds. The van der Waals surface area contributed by atoms with Gasteiger partial charge in [-0.05, 0) is 47.2 Å². The Labute approximate surface area is 168 Å². The van der Waals surface area contributed by atoms with Gasteiger partial charge in [0.1, 0.15) is 5.41 Å². The second-order valence-corrected chi connectivity index (χ2v) is 8.50. The van der Waals surface area contributed by atoms with Crippen LogP contribution in [0.3, 0.4) is 0 Å². The first kappa shape index (κ1) is 18.3. The highest BCUT2D eigenvalue weighted by Crippen LogP contribution is 2.56. The molecule has 2 aliphatic heterocycles. The van der Waals surface area contributed by atoms with Gasteiger partial charge >= 0.3 is 0 Å². The molecule has 1 fully saturated rings. The monoisotopic (exact) mass is 402 g/mol. The number of carbonyl (C=O) groups is 2. The molecule has 0 aliphatic carbocycles. The number of benzene rings is 2. The van der Waals surface area contributed by atoms with Gasteiger partial charge in [-0.3, -0.25) is 9.59 Å². The van der Waals surface area contributed by atoms with E-state index < -0.39 is 11.5 Å². The molecule has 0 saturated carbocycles. The number of carbonyl (C=O) groups excluding carboxylic acids is 2. The molecule has 140 valence electrons. The van der Waals surface area contributed by atoms with Crippen LogP contribution >= 0.6 is 23.2 Å². The summed E-state index contributed by atoms with van der Waals surface area (Å²) in [6, 6.07) is 12.3. The molecule has 0 aromatic heterocycles. The number of hydrogen-bond donors (Lipinski definition) is 2. The van der Waals surface area contributed by atoms with Gasteiger partial charge in [-0.2, -0.15) is 0 Å². The fraction of sp³-hybridized carbons (Fsp3) is 0.333. The van der Waals surface area contributed by atoms with Crippen LogP contribution < -0.4 is 10.6 Å². The van der Waals surface area contributed by atoms with Crippen molar-refractivity contribution < 1.29 is 9.59 Å². The topological polar surface area (TPSA) is 58.2 Å². The van der Waals surface area contributed by atoms with Crippen LogP contribution in [-0.4, -0.2) is 11.8 Å². The van der Waals surface area contributed by atoms with Gasteiger partial charge in [0.15, 0.2) is 0 Å². The Morgan fingerprint density at radius 3 is 2.52 bits per heavy atom. The molecule has 0 radical (unpaired) electrons. The highest BCUT2D eigenvalue weighted by Gasteiger charge is 2.61. The van der Waals surface area contributed by atoms with Crippen LogP contribution in [0.15, 0.2) is 42.5 Å². The van der Waals surface area contributed by atoms with Crippen LogP contribution in [0.25, 0.3) is 0 Å². The highest BCUT2D eigenvalue weighted by molar-refractivity contribution is 6.31. The molecule has 3 unspecified atom stereocenters. The molecule has 2 N–H and O–H groups in total. The fourth-order valence-electron chi connectivity index (χ4n) is 4.69. The van der Waals surface area contributed by atoms with E-state index in [2.05, 4.69) is 24.5 Å². The summed E-state index contributed by atoms with van der Waals surface area (Å²) in [5, 5.41) is 7.21. The molecule has 27 heavy (non-hydrogen) atoms. The second kappa shape index (κ2) is 6.54.